The Morgan fingerprint density at radius 1 is 1.40 bits per heavy atom. The molecule has 3 heterocycles. The van der Waals surface area contributed by atoms with Gasteiger partial charge in [-0.1, -0.05) is 0 Å². The van der Waals surface area contributed by atoms with Crippen molar-refractivity contribution in [2.75, 3.05) is 19.3 Å². The summed E-state index contributed by atoms with van der Waals surface area (Å²) in [7, 11) is 0. The molecule has 20 heavy (non-hydrogen) atoms. The largest absolute Gasteiger partial charge is 0.317 e. The topological polar surface area (TPSA) is 15.6 Å². The third-order valence-corrected chi connectivity index (χ3v) is 6.93. The van der Waals surface area contributed by atoms with Crippen molar-refractivity contribution in [3.05, 3.63) is 33.0 Å². The number of thioether (sulfide) groups is 2. The predicted octanol–water partition coefficient (Wildman–Crippen LogP) is 5.06. The fraction of sp³-hybridized carbons (Fsp3) is 0.214. The lowest BCUT2D eigenvalue weighted by molar-refractivity contribution is 0.650. The Hall–Kier alpha value is -0.430. The summed E-state index contributed by atoms with van der Waals surface area (Å²) in [6.07, 6.45) is 2.12. The van der Waals surface area contributed by atoms with Crippen LogP contribution in [0.1, 0.15) is 5.56 Å². The molecule has 0 fully saturated rings. The molecule has 1 aromatic heterocycles. The highest BCUT2D eigenvalue weighted by molar-refractivity contribution is 9.14. The second-order valence-corrected chi connectivity index (χ2v) is 8.64. The maximum atomic E-state index is 4.56. The molecule has 2 aliphatic heterocycles. The first kappa shape index (κ1) is 13.2. The number of hydrogen-bond acceptors (Lipinski definition) is 5. The zero-order chi connectivity index (χ0) is 13.7. The molecule has 0 bridgehead atoms. The first-order valence-corrected chi connectivity index (χ1v) is 9.94. The van der Waals surface area contributed by atoms with Crippen LogP contribution in [-0.4, -0.2) is 29.4 Å². The third-order valence-electron chi connectivity index (χ3n) is 3.47. The van der Waals surface area contributed by atoms with Gasteiger partial charge in [0.05, 0.1) is 16.1 Å². The van der Waals surface area contributed by atoms with Gasteiger partial charge in [0.1, 0.15) is 0 Å². The molecular formula is C14H11BrN2S3. The van der Waals surface area contributed by atoms with Crippen LogP contribution in [0.4, 0.5) is 0 Å². The summed E-state index contributed by atoms with van der Waals surface area (Å²) in [5.74, 6) is 0. The van der Waals surface area contributed by atoms with Crippen molar-refractivity contribution in [3.63, 3.8) is 0 Å². The molecule has 1 aromatic carbocycles. The Morgan fingerprint density at radius 2 is 2.30 bits per heavy atom. The van der Waals surface area contributed by atoms with E-state index in [1.165, 1.54) is 30.1 Å². The van der Waals surface area contributed by atoms with E-state index in [1.807, 2.05) is 11.3 Å². The highest BCUT2D eigenvalue weighted by Crippen LogP contribution is 2.47. The SMILES string of the molecule is CSc1ccc2scc(C3=C(Br)SC4=NCCN43)c2c1. The molecule has 0 saturated carbocycles. The van der Waals surface area contributed by atoms with Crippen LogP contribution in [0.15, 0.2) is 37.3 Å². The lowest BCUT2D eigenvalue weighted by atomic mass is 10.1. The Balaban J connectivity index is 1.90. The fourth-order valence-electron chi connectivity index (χ4n) is 2.53. The number of rotatable bonds is 2. The zero-order valence-electron chi connectivity index (χ0n) is 10.7. The van der Waals surface area contributed by atoms with Gasteiger partial charge in [-0.3, -0.25) is 4.99 Å². The molecule has 102 valence electrons. The van der Waals surface area contributed by atoms with E-state index in [0.29, 0.717) is 0 Å². The summed E-state index contributed by atoms with van der Waals surface area (Å²) in [6, 6.07) is 6.72. The maximum Gasteiger partial charge on any atom is 0.169 e. The standard InChI is InChI=1S/C14H11BrN2S3/c1-18-8-2-3-11-9(6-8)10(7-19-11)12-13(15)20-14-16-4-5-17(12)14/h2-3,6-7H,4-5H2,1H3. The summed E-state index contributed by atoms with van der Waals surface area (Å²) in [5.41, 5.74) is 2.61. The average molecular weight is 383 g/mol. The molecule has 4 rings (SSSR count). The number of amidine groups is 1. The van der Waals surface area contributed by atoms with Gasteiger partial charge in [0.15, 0.2) is 5.17 Å². The van der Waals surface area contributed by atoms with Gasteiger partial charge in [0.25, 0.3) is 0 Å². The van der Waals surface area contributed by atoms with Gasteiger partial charge in [-0.05, 0) is 52.1 Å². The first-order valence-electron chi connectivity index (χ1n) is 6.23. The van der Waals surface area contributed by atoms with Crippen molar-refractivity contribution in [3.8, 4) is 0 Å². The number of halogens is 1. The molecule has 0 spiro atoms. The highest BCUT2D eigenvalue weighted by Gasteiger charge is 2.33. The summed E-state index contributed by atoms with van der Waals surface area (Å²) >= 11 is 9.06. The lowest BCUT2D eigenvalue weighted by Crippen LogP contribution is -2.19. The number of aliphatic imine (C=N–C) groups is 1. The molecule has 2 aliphatic rings. The third kappa shape index (κ3) is 1.96. The van der Waals surface area contributed by atoms with Crippen LogP contribution in [-0.2, 0) is 0 Å². The Labute approximate surface area is 138 Å². The van der Waals surface area contributed by atoms with E-state index in [1.54, 1.807) is 23.5 Å². The van der Waals surface area contributed by atoms with Gasteiger partial charge in [-0.15, -0.1) is 23.1 Å². The first-order chi connectivity index (χ1) is 9.78. The minimum absolute atomic E-state index is 0.907. The average Bonchev–Trinajstić information content (AvgIpc) is 3.12. The van der Waals surface area contributed by atoms with Crippen LogP contribution >= 0.6 is 50.8 Å². The van der Waals surface area contributed by atoms with Gasteiger partial charge in [-0.25, -0.2) is 0 Å². The summed E-state index contributed by atoms with van der Waals surface area (Å²) in [5, 5.41) is 4.75. The number of nitrogens with zero attached hydrogens (tertiary/aromatic N) is 2. The molecule has 6 heteroatoms. The second kappa shape index (κ2) is 5.09. The van der Waals surface area contributed by atoms with Crippen molar-refractivity contribution in [1.82, 2.24) is 4.90 Å². The highest BCUT2D eigenvalue weighted by atomic mass is 79.9. The molecule has 2 aromatic rings. The van der Waals surface area contributed by atoms with Crippen LogP contribution < -0.4 is 0 Å². The lowest BCUT2D eigenvalue weighted by Gasteiger charge is -2.16. The minimum Gasteiger partial charge on any atom is -0.317 e. The molecule has 0 N–H and O–H groups in total. The normalized spacial score (nSPS) is 18.1. The molecule has 0 atom stereocenters. The van der Waals surface area contributed by atoms with Gasteiger partial charge >= 0.3 is 0 Å². The van der Waals surface area contributed by atoms with Crippen LogP contribution in [0.2, 0.25) is 0 Å². The van der Waals surface area contributed by atoms with Crippen molar-refractivity contribution in [2.24, 2.45) is 4.99 Å². The van der Waals surface area contributed by atoms with Crippen molar-refractivity contribution < 1.29 is 0 Å². The molecule has 0 radical (unpaired) electrons. The quantitative estimate of drug-likeness (QED) is 0.674. The van der Waals surface area contributed by atoms with Crippen molar-refractivity contribution in [1.29, 1.82) is 0 Å². The fourth-order valence-corrected chi connectivity index (χ4v) is 5.68. The van der Waals surface area contributed by atoms with E-state index >= 15 is 0 Å². The van der Waals surface area contributed by atoms with Gasteiger partial charge in [-0.2, -0.15) is 0 Å². The maximum absolute atomic E-state index is 4.56. The molecule has 0 saturated heterocycles. The van der Waals surface area contributed by atoms with Crippen LogP contribution in [0, 0.1) is 0 Å². The smallest absolute Gasteiger partial charge is 0.169 e. The molecule has 0 aliphatic carbocycles. The van der Waals surface area contributed by atoms with Gasteiger partial charge in [0, 0.05) is 32.5 Å². The Morgan fingerprint density at radius 3 is 3.15 bits per heavy atom. The minimum atomic E-state index is 0.907. The van der Waals surface area contributed by atoms with E-state index in [9.17, 15) is 0 Å². The van der Waals surface area contributed by atoms with E-state index in [0.717, 1.165) is 18.3 Å². The summed E-state index contributed by atoms with van der Waals surface area (Å²) < 4.78 is 2.53. The van der Waals surface area contributed by atoms with Crippen LogP contribution in [0.3, 0.4) is 0 Å². The Kier molecular flexibility index (Phi) is 3.37. The zero-order valence-corrected chi connectivity index (χ0v) is 14.8. The molecule has 0 unspecified atom stereocenters. The Bertz CT molecular complexity index is 763. The number of hydrogen-bond donors (Lipinski definition) is 0. The molecule has 0 amide bonds. The van der Waals surface area contributed by atoms with Crippen molar-refractivity contribution in [2.45, 2.75) is 4.90 Å². The van der Waals surface area contributed by atoms with Crippen LogP contribution in [0.25, 0.3) is 15.8 Å². The number of thiophene rings is 1. The van der Waals surface area contributed by atoms with E-state index in [2.05, 4.69) is 55.7 Å². The molecule has 2 nitrogen and oxygen atoms in total. The van der Waals surface area contributed by atoms with Gasteiger partial charge < -0.3 is 4.90 Å². The number of fused-ring (bicyclic) bond motifs is 2. The van der Waals surface area contributed by atoms with E-state index in [-0.39, 0.29) is 0 Å². The van der Waals surface area contributed by atoms with E-state index in [4.69, 9.17) is 0 Å². The summed E-state index contributed by atoms with van der Waals surface area (Å²) in [4.78, 5) is 8.21. The number of benzene rings is 1. The monoisotopic (exact) mass is 382 g/mol. The summed E-state index contributed by atoms with van der Waals surface area (Å²) in [6.45, 7) is 1.90. The van der Waals surface area contributed by atoms with Crippen molar-refractivity contribution >= 4 is 71.7 Å². The van der Waals surface area contributed by atoms with Gasteiger partial charge in [0.2, 0.25) is 0 Å². The second-order valence-electron chi connectivity index (χ2n) is 4.55. The predicted molar refractivity (Wildman–Crippen MR) is 96.1 cm³/mol. The molecular weight excluding hydrogens is 372 g/mol. The van der Waals surface area contributed by atoms with Crippen LogP contribution in [0.5, 0.6) is 0 Å². The van der Waals surface area contributed by atoms with E-state index < -0.39 is 0 Å².